The van der Waals surface area contributed by atoms with E-state index >= 15 is 0 Å². The highest BCUT2D eigenvalue weighted by atomic mass is 19.1. The van der Waals surface area contributed by atoms with Crippen molar-refractivity contribution < 1.29 is 13.7 Å². The highest BCUT2D eigenvalue weighted by Crippen LogP contribution is 2.26. The van der Waals surface area contributed by atoms with Crippen molar-refractivity contribution in [1.29, 1.82) is 0 Å². The number of aromatic nitrogens is 1. The molecule has 0 bridgehead atoms. The number of halogens is 1. The summed E-state index contributed by atoms with van der Waals surface area (Å²) in [5, 5.41) is 4.17. The van der Waals surface area contributed by atoms with Crippen LogP contribution in [0.1, 0.15) is 18.2 Å². The Morgan fingerprint density at radius 1 is 1.22 bits per heavy atom. The van der Waals surface area contributed by atoms with Crippen LogP contribution in [0.25, 0.3) is 11.3 Å². The largest absolute Gasteiger partial charge is 0.356 e. The average molecular weight is 317 g/mol. The first-order valence-corrected chi connectivity index (χ1v) is 7.73. The lowest BCUT2D eigenvalue weighted by Crippen LogP contribution is -2.47. The fourth-order valence-corrected chi connectivity index (χ4v) is 2.82. The number of hydrogen-bond donors (Lipinski definition) is 0. The third kappa shape index (κ3) is 3.42. The van der Waals surface area contributed by atoms with Gasteiger partial charge < -0.3 is 9.42 Å². The summed E-state index contributed by atoms with van der Waals surface area (Å²) in [6.45, 7) is 7.43. The molecule has 2 aromatic rings. The molecule has 3 rings (SSSR count). The van der Waals surface area contributed by atoms with Crippen LogP contribution >= 0.6 is 0 Å². The maximum Gasteiger partial charge on any atom is 0.219 e. The summed E-state index contributed by atoms with van der Waals surface area (Å²) in [5.74, 6) is 0.540. The Labute approximate surface area is 134 Å². The summed E-state index contributed by atoms with van der Waals surface area (Å²) in [4.78, 5) is 15.5. The molecule has 0 radical (unpaired) electrons. The van der Waals surface area contributed by atoms with Gasteiger partial charge in [-0.15, -0.1) is 0 Å². The SMILES string of the molecule is CC(=O)N1CCN(Cc2noc(-c3ccc(F)cc3)c2C)CC1. The lowest BCUT2D eigenvalue weighted by molar-refractivity contribution is -0.130. The lowest BCUT2D eigenvalue weighted by atomic mass is 10.1. The van der Waals surface area contributed by atoms with Gasteiger partial charge in [0.15, 0.2) is 5.76 Å². The van der Waals surface area contributed by atoms with Gasteiger partial charge >= 0.3 is 0 Å². The number of rotatable bonds is 3. The summed E-state index contributed by atoms with van der Waals surface area (Å²) >= 11 is 0. The number of benzene rings is 1. The second kappa shape index (κ2) is 6.50. The van der Waals surface area contributed by atoms with Gasteiger partial charge in [0.2, 0.25) is 5.91 Å². The molecule has 0 spiro atoms. The van der Waals surface area contributed by atoms with E-state index in [-0.39, 0.29) is 11.7 Å². The van der Waals surface area contributed by atoms with E-state index in [4.69, 9.17) is 4.52 Å². The van der Waals surface area contributed by atoms with Crippen molar-refractivity contribution in [2.45, 2.75) is 20.4 Å². The summed E-state index contributed by atoms with van der Waals surface area (Å²) in [7, 11) is 0. The number of piperazine rings is 1. The summed E-state index contributed by atoms with van der Waals surface area (Å²) in [5.41, 5.74) is 2.69. The predicted octanol–water partition coefficient (Wildman–Crippen LogP) is 2.45. The van der Waals surface area contributed by atoms with Crippen molar-refractivity contribution in [2.24, 2.45) is 0 Å². The monoisotopic (exact) mass is 317 g/mol. The normalized spacial score (nSPS) is 15.9. The van der Waals surface area contributed by atoms with E-state index in [0.29, 0.717) is 12.3 Å². The molecule has 0 N–H and O–H groups in total. The van der Waals surface area contributed by atoms with Crippen LogP contribution < -0.4 is 0 Å². The summed E-state index contributed by atoms with van der Waals surface area (Å²) in [6, 6.07) is 6.21. The van der Waals surface area contributed by atoms with Crippen LogP contribution in [-0.4, -0.2) is 47.0 Å². The van der Waals surface area contributed by atoms with Crippen LogP contribution in [0.2, 0.25) is 0 Å². The number of hydrogen-bond acceptors (Lipinski definition) is 4. The van der Waals surface area contributed by atoms with E-state index < -0.39 is 0 Å². The fourth-order valence-electron chi connectivity index (χ4n) is 2.82. The van der Waals surface area contributed by atoms with Crippen molar-refractivity contribution in [3.8, 4) is 11.3 Å². The molecular formula is C17H20FN3O2. The predicted molar refractivity (Wildman–Crippen MR) is 84.2 cm³/mol. The van der Waals surface area contributed by atoms with Crippen LogP contribution in [0.4, 0.5) is 4.39 Å². The number of carbonyl (C=O) groups is 1. The minimum Gasteiger partial charge on any atom is -0.356 e. The van der Waals surface area contributed by atoms with Gasteiger partial charge in [-0.2, -0.15) is 0 Å². The topological polar surface area (TPSA) is 49.6 Å². The van der Waals surface area contributed by atoms with Crippen molar-refractivity contribution in [1.82, 2.24) is 15.0 Å². The highest BCUT2D eigenvalue weighted by Gasteiger charge is 2.21. The smallest absolute Gasteiger partial charge is 0.219 e. The Hall–Kier alpha value is -2.21. The molecule has 1 aromatic carbocycles. The minimum atomic E-state index is -0.269. The molecule has 1 fully saturated rings. The zero-order chi connectivity index (χ0) is 16.4. The molecule has 1 amide bonds. The van der Waals surface area contributed by atoms with Gasteiger partial charge in [0, 0.05) is 50.8 Å². The number of carbonyl (C=O) groups excluding carboxylic acids is 1. The van der Waals surface area contributed by atoms with Gasteiger partial charge in [-0.25, -0.2) is 4.39 Å². The maximum absolute atomic E-state index is 13.0. The van der Waals surface area contributed by atoms with Gasteiger partial charge in [0.05, 0.1) is 0 Å². The molecule has 23 heavy (non-hydrogen) atoms. The summed E-state index contributed by atoms with van der Waals surface area (Å²) < 4.78 is 18.5. The van der Waals surface area contributed by atoms with Crippen LogP contribution in [0.3, 0.4) is 0 Å². The molecule has 5 nitrogen and oxygen atoms in total. The van der Waals surface area contributed by atoms with Crippen molar-refractivity contribution in [2.75, 3.05) is 26.2 Å². The Kier molecular flexibility index (Phi) is 4.43. The van der Waals surface area contributed by atoms with Gasteiger partial charge in [0.1, 0.15) is 11.5 Å². The first kappa shape index (κ1) is 15.7. The molecule has 122 valence electrons. The first-order chi connectivity index (χ1) is 11.0. The molecule has 2 heterocycles. The van der Waals surface area contributed by atoms with E-state index in [1.54, 1.807) is 19.1 Å². The van der Waals surface area contributed by atoms with Gasteiger partial charge in [-0.05, 0) is 31.2 Å². The van der Waals surface area contributed by atoms with E-state index in [2.05, 4.69) is 10.1 Å². The van der Waals surface area contributed by atoms with Crippen molar-refractivity contribution in [3.05, 3.63) is 41.3 Å². The molecule has 1 aromatic heterocycles. The Bertz CT molecular complexity index is 688. The lowest BCUT2D eigenvalue weighted by Gasteiger charge is -2.33. The Morgan fingerprint density at radius 2 is 1.87 bits per heavy atom. The van der Waals surface area contributed by atoms with Crippen molar-refractivity contribution in [3.63, 3.8) is 0 Å². The third-order valence-electron chi connectivity index (χ3n) is 4.32. The number of amides is 1. The molecule has 1 aliphatic rings. The molecule has 1 saturated heterocycles. The zero-order valence-corrected chi connectivity index (χ0v) is 13.4. The third-order valence-corrected chi connectivity index (χ3v) is 4.32. The molecule has 0 unspecified atom stereocenters. The fraction of sp³-hybridized carbons (Fsp3) is 0.412. The highest BCUT2D eigenvalue weighted by molar-refractivity contribution is 5.73. The molecular weight excluding hydrogens is 297 g/mol. The van der Waals surface area contributed by atoms with E-state index in [1.807, 2.05) is 11.8 Å². The van der Waals surface area contributed by atoms with E-state index in [0.717, 1.165) is 43.0 Å². The van der Waals surface area contributed by atoms with Gasteiger partial charge in [-0.3, -0.25) is 9.69 Å². The van der Waals surface area contributed by atoms with E-state index in [1.165, 1.54) is 12.1 Å². The van der Waals surface area contributed by atoms with Crippen LogP contribution in [0.5, 0.6) is 0 Å². The molecule has 0 atom stereocenters. The molecule has 1 aliphatic heterocycles. The van der Waals surface area contributed by atoms with Crippen LogP contribution in [0.15, 0.2) is 28.8 Å². The average Bonchev–Trinajstić information content (AvgIpc) is 2.90. The first-order valence-electron chi connectivity index (χ1n) is 7.73. The quantitative estimate of drug-likeness (QED) is 0.872. The Balaban J connectivity index is 1.68. The second-order valence-corrected chi connectivity index (χ2v) is 5.87. The number of nitrogens with zero attached hydrogens (tertiary/aromatic N) is 3. The van der Waals surface area contributed by atoms with Crippen molar-refractivity contribution >= 4 is 5.91 Å². The zero-order valence-electron chi connectivity index (χ0n) is 13.4. The molecule has 6 heteroatoms. The maximum atomic E-state index is 13.0. The van der Waals surface area contributed by atoms with E-state index in [9.17, 15) is 9.18 Å². The standard InChI is InChI=1S/C17H20FN3O2/c1-12-16(11-20-7-9-21(10-8-20)13(2)22)19-23-17(12)14-3-5-15(18)6-4-14/h3-6H,7-11H2,1-2H3. The molecule has 0 saturated carbocycles. The second-order valence-electron chi connectivity index (χ2n) is 5.87. The van der Waals surface area contributed by atoms with Gasteiger partial charge in [0.25, 0.3) is 0 Å². The van der Waals surface area contributed by atoms with Gasteiger partial charge in [-0.1, -0.05) is 5.16 Å². The molecule has 0 aliphatic carbocycles. The summed E-state index contributed by atoms with van der Waals surface area (Å²) in [6.07, 6.45) is 0. The Morgan fingerprint density at radius 3 is 2.48 bits per heavy atom. The minimum absolute atomic E-state index is 0.126. The van der Waals surface area contributed by atoms with Crippen LogP contribution in [0, 0.1) is 12.7 Å². The van der Waals surface area contributed by atoms with Crippen LogP contribution in [-0.2, 0) is 11.3 Å².